The van der Waals surface area contributed by atoms with Gasteiger partial charge in [0.2, 0.25) is 0 Å². The second-order valence-electron chi connectivity index (χ2n) is 3.71. The molecule has 0 aliphatic carbocycles. The highest BCUT2D eigenvalue weighted by molar-refractivity contribution is 5.89. The topological polar surface area (TPSA) is 99.5 Å². The van der Waals surface area contributed by atoms with Gasteiger partial charge in [0.25, 0.3) is 0 Å². The Balaban J connectivity index is 2.53. The van der Waals surface area contributed by atoms with Gasteiger partial charge in [0.15, 0.2) is 5.54 Å². The number of pyridine rings is 1. The Morgan fingerprint density at radius 2 is 2.06 bits per heavy atom. The number of carboxylic acid groups (broad SMARTS) is 2. The van der Waals surface area contributed by atoms with Crippen molar-refractivity contribution in [1.82, 2.24) is 10.3 Å². The number of carbonyl (C=O) groups is 2. The molecule has 0 amide bonds. The van der Waals surface area contributed by atoms with Crippen LogP contribution in [0.15, 0.2) is 42.8 Å². The third kappa shape index (κ3) is 1.84. The normalized spacial score (nSPS) is 21.3. The van der Waals surface area contributed by atoms with E-state index < -0.39 is 17.5 Å². The lowest BCUT2D eigenvalue weighted by Gasteiger charge is -2.27. The SMILES string of the molecule is O=C(O)c1ccnc(C2(C(=O)O)C=CC=CN2)c1. The van der Waals surface area contributed by atoms with Crippen LogP contribution in [0.2, 0.25) is 0 Å². The van der Waals surface area contributed by atoms with Gasteiger partial charge in [0.05, 0.1) is 11.3 Å². The fourth-order valence-electron chi connectivity index (χ4n) is 1.66. The van der Waals surface area contributed by atoms with E-state index in [1.165, 1.54) is 30.6 Å². The van der Waals surface area contributed by atoms with Gasteiger partial charge in [-0.1, -0.05) is 6.08 Å². The van der Waals surface area contributed by atoms with Crippen molar-refractivity contribution in [2.24, 2.45) is 0 Å². The maximum absolute atomic E-state index is 11.4. The third-order valence-electron chi connectivity index (χ3n) is 2.61. The maximum Gasteiger partial charge on any atom is 0.339 e. The van der Waals surface area contributed by atoms with Crippen molar-refractivity contribution in [2.45, 2.75) is 5.54 Å². The molecule has 0 bridgehead atoms. The summed E-state index contributed by atoms with van der Waals surface area (Å²) in [4.78, 5) is 26.3. The number of hydrogen-bond donors (Lipinski definition) is 3. The van der Waals surface area contributed by atoms with E-state index >= 15 is 0 Å². The molecule has 6 nitrogen and oxygen atoms in total. The number of dihydropyridines is 1. The molecular weight excluding hydrogens is 236 g/mol. The largest absolute Gasteiger partial charge is 0.479 e. The Morgan fingerprint density at radius 1 is 1.28 bits per heavy atom. The van der Waals surface area contributed by atoms with Crippen LogP contribution >= 0.6 is 0 Å². The number of nitrogens with one attached hydrogen (secondary N) is 1. The van der Waals surface area contributed by atoms with Crippen LogP contribution in [0.3, 0.4) is 0 Å². The zero-order valence-electron chi connectivity index (χ0n) is 9.20. The van der Waals surface area contributed by atoms with Gasteiger partial charge in [-0.25, -0.2) is 9.59 Å². The zero-order chi connectivity index (χ0) is 13.2. The lowest BCUT2D eigenvalue weighted by atomic mass is 9.91. The average molecular weight is 246 g/mol. The quantitative estimate of drug-likeness (QED) is 0.727. The summed E-state index contributed by atoms with van der Waals surface area (Å²) in [5, 5.41) is 20.9. The first kappa shape index (κ1) is 11.8. The Kier molecular flexibility index (Phi) is 2.85. The van der Waals surface area contributed by atoms with E-state index in [0.29, 0.717) is 0 Å². The number of aliphatic carboxylic acids is 1. The van der Waals surface area contributed by atoms with Crippen LogP contribution in [0.5, 0.6) is 0 Å². The summed E-state index contributed by atoms with van der Waals surface area (Å²) in [6.45, 7) is 0. The van der Waals surface area contributed by atoms with Crippen LogP contribution in [0.25, 0.3) is 0 Å². The van der Waals surface area contributed by atoms with Crippen LogP contribution in [-0.2, 0) is 10.3 Å². The summed E-state index contributed by atoms with van der Waals surface area (Å²) in [6, 6.07) is 2.55. The summed E-state index contributed by atoms with van der Waals surface area (Å²) >= 11 is 0. The highest BCUT2D eigenvalue weighted by Crippen LogP contribution is 2.24. The minimum Gasteiger partial charge on any atom is -0.479 e. The maximum atomic E-state index is 11.4. The second-order valence-corrected chi connectivity index (χ2v) is 3.71. The molecule has 2 heterocycles. The first-order chi connectivity index (χ1) is 8.56. The number of allylic oxidation sites excluding steroid dienone is 2. The van der Waals surface area contributed by atoms with Crippen molar-refractivity contribution in [1.29, 1.82) is 0 Å². The molecule has 0 aromatic carbocycles. The molecule has 1 aromatic heterocycles. The van der Waals surface area contributed by atoms with Crippen molar-refractivity contribution < 1.29 is 19.8 Å². The number of aromatic carboxylic acids is 1. The minimum absolute atomic E-state index is 0.00891. The molecule has 1 unspecified atom stereocenters. The summed E-state index contributed by atoms with van der Waals surface area (Å²) in [5.74, 6) is -2.28. The molecule has 0 saturated heterocycles. The molecule has 0 radical (unpaired) electrons. The number of aromatic nitrogens is 1. The Hall–Kier alpha value is -2.63. The lowest BCUT2D eigenvalue weighted by Crippen LogP contribution is -2.46. The van der Waals surface area contributed by atoms with Crippen molar-refractivity contribution in [3.63, 3.8) is 0 Å². The molecule has 18 heavy (non-hydrogen) atoms. The number of rotatable bonds is 3. The van der Waals surface area contributed by atoms with E-state index in [2.05, 4.69) is 10.3 Å². The molecule has 0 spiro atoms. The molecule has 92 valence electrons. The standard InChI is InChI=1S/C12H10N2O4/c15-10(16)8-3-6-13-9(7-8)12(11(17)18)4-1-2-5-14-12/h1-7,14H,(H,15,16)(H,17,18). The van der Waals surface area contributed by atoms with Crippen molar-refractivity contribution >= 4 is 11.9 Å². The first-order valence-electron chi connectivity index (χ1n) is 5.11. The molecule has 1 atom stereocenters. The molecule has 1 aromatic rings. The van der Waals surface area contributed by atoms with Crippen LogP contribution in [-0.4, -0.2) is 27.1 Å². The second kappa shape index (κ2) is 4.33. The molecule has 0 fully saturated rings. The molecule has 2 rings (SSSR count). The lowest BCUT2D eigenvalue weighted by molar-refractivity contribution is -0.142. The van der Waals surface area contributed by atoms with Gasteiger partial charge in [-0.15, -0.1) is 0 Å². The van der Waals surface area contributed by atoms with E-state index in [1.54, 1.807) is 12.2 Å². The molecule has 1 aliphatic rings. The number of carboxylic acids is 2. The van der Waals surface area contributed by atoms with Gasteiger partial charge in [-0.05, 0) is 30.5 Å². The van der Waals surface area contributed by atoms with Crippen molar-refractivity contribution in [3.05, 3.63) is 54.0 Å². The molecule has 6 heteroatoms. The van der Waals surface area contributed by atoms with Gasteiger partial charge in [0.1, 0.15) is 0 Å². The van der Waals surface area contributed by atoms with E-state index in [-0.39, 0.29) is 11.3 Å². The van der Waals surface area contributed by atoms with Crippen LogP contribution in [0, 0.1) is 0 Å². The Labute approximate surface area is 102 Å². The fraction of sp³-hybridized carbons (Fsp3) is 0.0833. The minimum atomic E-state index is -1.53. The zero-order valence-corrected chi connectivity index (χ0v) is 9.20. The average Bonchev–Trinajstić information content (AvgIpc) is 2.39. The van der Waals surface area contributed by atoms with Crippen LogP contribution in [0.4, 0.5) is 0 Å². The first-order valence-corrected chi connectivity index (χ1v) is 5.11. The molecular formula is C12H10N2O4. The Bertz CT molecular complexity index is 565. The fourth-order valence-corrected chi connectivity index (χ4v) is 1.66. The molecule has 0 saturated carbocycles. The Morgan fingerprint density at radius 3 is 2.61 bits per heavy atom. The summed E-state index contributed by atoms with van der Waals surface area (Å²) in [5.41, 5.74) is -1.42. The van der Waals surface area contributed by atoms with E-state index in [0.717, 1.165) is 0 Å². The third-order valence-corrected chi connectivity index (χ3v) is 2.61. The smallest absolute Gasteiger partial charge is 0.339 e. The van der Waals surface area contributed by atoms with Crippen LogP contribution < -0.4 is 5.32 Å². The predicted octanol–water partition coefficient (Wildman–Crippen LogP) is 0.733. The van der Waals surface area contributed by atoms with E-state index in [1.807, 2.05) is 0 Å². The highest BCUT2D eigenvalue weighted by atomic mass is 16.4. The van der Waals surface area contributed by atoms with Gasteiger partial charge in [-0.3, -0.25) is 4.98 Å². The molecule has 3 N–H and O–H groups in total. The van der Waals surface area contributed by atoms with Crippen LogP contribution in [0.1, 0.15) is 16.1 Å². The monoisotopic (exact) mass is 246 g/mol. The summed E-state index contributed by atoms with van der Waals surface area (Å²) < 4.78 is 0. The van der Waals surface area contributed by atoms with Gasteiger partial charge in [-0.2, -0.15) is 0 Å². The summed E-state index contributed by atoms with van der Waals surface area (Å²) in [6.07, 6.45) is 7.38. The predicted molar refractivity (Wildman–Crippen MR) is 61.9 cm³/mol. The number of nitrogens with zero attached hydrogens (tertiary/aromatic N) is 1. The van der Waals surface area contributed by atoms with Crippen molar-refractivity contribution in [2.75, 3.05) is 0 Å². The summed E-state index contributed by atoms with van der Waals surface area (Å²) in [7, 11) is 0. The van der Waals surface area contributed by atoms with Gasteiger partial charge >= 0.3 is 11.9 Å². The van der Waals surface area contributed by atoms with Gasteiger partial charge < -0.3 is 15.5 Å². The van der Waals surface area contributed by atoms with E-state index in [4.69, 9.17) is 5.11 Å². The molecule has 1 aliphatic heterocycles. The van der Waals surface area contributed by atoms with E-state index in [9.17, 15) is 14.7 Å². The van der Waals surface area contributed by atoms with Crippen molar-refractivity contribution in [3.8, 4) is 0 Å². The number of hydrogen-bond acceptors (Lipinski definition) is 4. The highest BCUT2D eigenvalue weighted by Gasteiger charge is 2.39. The van der Waals surface area contributed by atoms with Gasteiger partial charge in [0, 0.05) is 6.20 Å².